The number of amides is 1. The third-order valence-corrected chi connectivity index (χ3v) is 5.22. The van der Waals surface area contributed by atoms with Crippen LogP contribution in [-0.2, 0) is 6.54 Å². The van der Waals surface area contributed by atoms with Gasteiger partial charge < -0.3 is 14.0 Å². The number of rotatable bonds is 4. The van der Waals surface area contributed by atoms with Crippen molar-refractivity contribution in [3.63, 3.8) is 0 Å². The van der Waals surface area contributed by atoms with E-state index in [2.05, 4.69) is 11.6 Å². The third kappa shape index (κ3) is 3.27. The minimum atomic E-state index is -0.450. The molecule has 0 spiro atoms. The van der Waals surface area contributed by atoms with E-state index in [0.717, 1.165) is 5.52 Å². The Hall–Kier alpha value is -3.46. The van der Waals surface area contributed by atoms with Crippen molar-refractivity contribution in [1.82, 2.24) is 4.57 Å². The Morgan fingerprint density at radius 2 is 2.04 bits per heavy atom. The van der Waals surface area contributed by atoms with Crippen LogP contribution in [0.5, 0.6) is 11.5 Å². The first kappa shape index (κ1) is 17.9. The summed E-state index contributed by atoms with van der Waals surface area (Å²) >= 11 is 1.21. The second kappa shape index (κ2) is 7.28. The highest BCUT2D eigenvalue weighted by molar-refractivity contribution is 7.16. The highest BCUT2D eigenvalue weighted by Crippen LogP contribution is 2.31. The summed E-state index contributed by atoms with van der Waals surface area (Å²) in [5.41, 5.74) is 1.12. The van der Waals surface area contributed by atoms with E-state index in [1.807, 2.05) is 0 Å². The molecule has 1 aliphatic heterocycles. The summed E-state index contributed by atoms with van der Waals surface area (Å²) in [5, 5.41) is 11.0. The molecule has 2 aromatic carbocycles. The predicted molar refractivity (Wildman–Crippen MR) is 104 cm³/mol. The van der Waals surface area contributed by atoms with Gasteiger partial charge in [0.15, 0.2) is 16.3 Å². The van der Waals surface area contributed by atoms with Gasteiger partial charge in [0, 0.05) is 24.2 Å². The number of hydrogen-bond donors (Lipinski definition) is 0. The van der Waals surface area contributed by atoms with Crippen molar-refractivity contribution in [2.45, 2.75) is 6.54 Å². The van der Waals surface area contributed by atoms with Crippen molar-refractivity contribution in [1.29, 1.82) is 0 Å². The first-order valence-electron chi connectivity index (χ1n) is 8.44. The van der Waals surface area contributed by atoms with Crippen LogP contribution in [-0.4, -0.2) is 28.6 Å². The molecule has 3 aromatic rings. The normalized spacial score (nSPS) is 13.5. The number of carbonyl (C=O) groups is 1. The average molecular weight is 397 g/mol. The molecule has 28 heavy (non-hydrogen) atoms. The number of nitrogens with zero attached hydrogens (tertiary/aromatic N) is 3. The number of ether oxygens (including phenoxy) is 2. The lowest BCUT2D eigenvalue weighted by atomic mass is 10.2. The second-order valence-electron chi connectivity index (χ2n) is 5.97. The zero-order valence-corrected chi connectivity index (χ0v) is 15.5. The molecule has 4 rings (SSSR count). The molecule has 9 heteroatoms. The number of carbonyl (C=O) groups excluding carboxylic acids is 1. The van der Waals surface area contributed by atoms with E-state index in [4.69, 9.17) is 9.47 Å². The van der Waals surface area contributed by atoms with Gasteiger partial charge in [-0.3, -0.25) is 14.9 Å². The fourth-order valence-corrected chi connectivity index (χ4v) is 3.96. The lowest BCUT2D eigenvalue weighted by Crippen LogP contribution is -2.17. The van der Waals surface area contributed by atoms with Gasteiger partial charge in [0.25, 0.3) is 11.6 Å². The van der Waals surface area contributed by atoms with Crippen LogP contribution in [0.15, 0.2) is 54.0 Å². The molecular formula is C19H15N3O5S. The van der Waals surface area contributed by atoms with E-state index in [9.17, 15) is 14.9 Å². The van der Waals surface area contributed by atoms with Crippen LogP contribution in [0.3, 0.4) is 0 Å². The van der Waals surface area contributed by atoms with Crippen LogP contribution < -0.4 is 14.3 Å². The molecule has 0 aliphatic carbocycles. The number of nitro groups is 1. The highest BCUT2D eigenvalue weighted by atomic mass is 32.1. The molecule has 0 N–H and O–H groups in total. The van der Waals surface area contributed by atoms with Crippen LogP contribution in [0.2, 0.25) is 0 Å². The van der Waals surface area contributed by atoms with Gasteiger partial charge in [-0.1, -0.05) is 17.4 Å². The minimum absolute atomic E-state index is 0.00999. The Bertz CT molecular complexity index is 1180. The average Bonchev–Trinajstić information content (AvgIpc) is 3.04. The maximum absolute atomic E-state index is 12.7. The predicted octanol–water partition coefficient (Wildman–Crippen LogP) is 3.31. The lowest BCUT2D eigenvalue weighted by Gasteiger charge is -2.18. The summed E-state index contributed by atoms with van der Waals surface area (Å²) < 4.78 is 13.4. The van der Waals surface area contributed by atoms with Crippen LogP contribution in [0.1, 0.15) is 10.4 Å². The third-order valence-electron chi connectivity index (χ3n) is 4.18. The van der Waals surface area contributed by atoms with Crippen molar-refractivity contribution in [3.8, 4) is 11.5 Å². The Balaban J connectivity index is 1.79. The summed E-state index contributed by atoms with van der Waals surface area (Å²) in [6.45, 7) is 5.05. The van der Waals surface area contributed by atoms with Gasteiger partial charge in [-0.05, 0) is 24.3 Å². The fraction of sp³-hybridized carbons (Fsp3) is 0.158. The standard InChI is InChI=1S/C19H15N3O5S/c1-2-7-21-14-5-4-13(22(24)25)11-17(14)28-19(21)20-18(23)12-3-6-15-16(10-12)27-9-8-26-15/h2-6,10-11H,1,7-9H2. The number of fused-ring (bicyclic) bond motifs is 2. The molecule has 1 amide bonds. The summed E-state index contributed by atoms with van der Waals surface area (Å²) in [6, 6.07) is 9.49. The van der Waals surface area contributed by atoms with Gasteiger partial charge in [-0.15, -0.1) is 6.58 Å². The van der Waals surface area contributed by atoms with Crippen molar-refractivity contribution in [2.24, 2.45) is 4.99 Å². The molecule has 0 saturated heterocycles. The Morgan fingerprint density at radius 3 is 2.79 bits per heavy atom. The van der Waals surface area contributed by atoms with E-state index < -0.39 is 10.8 Å². The fourth-order valence-electron chi connectivity index (χ4n) is 2.89. The zero-order valence-electron chi connectivity index (χ0n) is 14.7. The molecule has 0 unspecified atom stereocenters. The summed E-state index contributed by atoms with van der Waals surface area (Å²) in [4.78, 5) is 28.0. The number of aromatic nitrogens is 1. The van der Waals surface area contributed by atoms with E-state index in [0.29, 0.717) is 46.3 Å². The molecule has 0 fully saturated rings. The summed E-state index contributed by atoms with van der Waals surface area (Å²) in [6.07, 6.45) is 1.68. The molecule has 2 heterocycles. The molecule has 1 aliphatic rings. The highest BCUT2D eigenvalue weighted by Gasteiger charge is 2.16. The van der Waals surface area contributed by atoms with Crippen molar-refractivity contribution in [3.05, 3.63) is 69.5 Å². The second-order valence-corrected chi connectivity index (χ2v) is 6.98. The molecule has 142 valence electrons. The lowest BCUT2D eigenvalue weighted by molar-refractivity contribution is -0.384. The molecule has 0 saturated carbocycles. The molecular weight excluding hydrogens is 382 g/mol. The molecule has 0 bridgehead atoms. The topological polar surface area (TPSA) is 96.0 Å². The Kier molecular flexibility index (Phi) is 4.66. The van der Waals surface area contributed by atoms with Crippen LogP contribution in [0.25, 0.3) is 10.2 Å². The quantitative estimate of drug-likeness (QED) is 0.382. The Morgan fingerprint density at radius 1 is 1.25 bits per heavy atom. The summed E-state index contributed by atoms with van der Waals surface area (Å²) in [5.74, 6) is 0.674. The maximum Gasteiger partial charge on any atom is 0.279 e. The summed E-state index contributed by atoms with van der Waals surface area (Å²) in [7, 11) is 0. The first-order valence-corrected chi connectivity index (χ1v) is 9.26. The van der Waals surface area contributed by atoms with Crippen LogP contribution in [0, 0.1) is 10.1 Å². The van der Waals surface area contributed by atoms with Crippen molar-refractivity contribution < 1.29 is 19.2 Å². The number of allylic oxidation sites excluding steroid dienone is 1. The van der Waals surface area contributed by atoms with E-state index >= 15 is 0 Å². The van der Waals surface area contributed by atoms with Crippen LogP contribution in [0.4, 0.5) is 5.69 Å². The van der Waals surface area contributed by atoms with E-state index in [1.165, 1.54) is 23.5 Å². The van der Waals surface area contributed by atoms with Gasteiger partial charge in [0.2, 0.25) is 0 Å². The van der Waals surface area contributed by atoms with Gasteiger partial charge in [0.1, 0.15) is 13.2 Å². The minimum Gasteiger partial charge on any atom is -0.486 e. The molecule has 0 atom stereocenters. The largest absolute Gasteiger partial charge is 0.486 e. The zero-order chi connectivity index (χ0) is 19.7. The number of non-ortho nitro benzene ring substituents is 1. The molecule has 1 aromatic heterocycles. The van der Waals surface area contributed by atoms with Gasteiger partial charge >= 0.3 is 0 Å². The van der Waals surface area contributed by atoms with Crippen LogP contribution >= 0.6 is 11.3 Å². The molecule has 0 radical (unpaired) electrons. The SMILES string of the molecule is C=CCn1c(=NC(=O)c2ccc3c(c2)OCCO3)sc2cc([N+](=O)[O-])ccc21. The monoisotopic (exact) mass is 397 g/mol. The van der Waals surface area contributed by atoms with Crippen molar-refractivity contribution in [2.75, 3.05) is 13.2 Å². The van der Waals surface area contributed by atoms with Crippen molar-refractivity contribution >= 4 is 33.1 Å². The maximum atomic E-state index is 12.7. The van der Waals surface area contributed by atoms with Gasteiger partial charge in [-0.2, -0.15) is 4.99 Å². The van der Waals surface area contributed by atoms with E-state index in [-0.39, 0.29) is 5.69 Å². The van der Waals surface area contributed by atoms with Gasteiger partial charge in [0.05, 0.1) is 15.1 Å². The van der Waals surface area contributed by atoms with Gasteiger partial charge in [-0.25, -0.2) is 0 Å². The smallest absolute Gasteiger partial charge is 0.279 e. The number of nitro benzene ring substituents is 1. The number of thiazole rings is 1. The first-order chi connectivity index (χ1) is 13.6. The molecule has 8 nitrogen and oxygen atoms in total. The number of hydrogen-bond acceptors (Lipinski definition) is 6. The van der Waals surface area contributed by atoms with E-state index in [1.54, 1.807) is 34.9 Å². The number of benzene rings is 2. The Labute approximate surface area is 163 Å².